The summed E-state index contributed by atoms with van der Waals surface area (Å²) < 4.78 is 0. The lowest BCUT2D eigenvalue weighted by atomic mass is 9.88. The Morgan fingerprint density at radius 1 is 0.950 bits per heavy atom. The molecule has 0 spiro atoms. The highest BCUT2D eigenvalue weighted by Crippen LogP contribution is 2.19. The summed E-state index contributed by atoms with van der Waals surface area (Å²) in [5.74, 6) is 0. The second-order valence-electron chi connectivity index (χ2n) is 5.76. The fraction of sp³-hybridized carbons (Fsp3) is 0.625. The Labute approximate surface area is 120 Å². The van der Waals surface area contributed by atoms with Gasteiger partial charge in [0.05, 0.1) is 12.2 Å². The van der Waals surface area contributed by atoms with E-state index in [4.69, 9.17) is 0 Å². The van der Waals surface area contributed by atoms with Gasteiger partial charge in [0, 0.05) is 12.1 Å². The Morgan fingerprint density at radius 3 is 2.35 bits per heavy atom. The third-order valence-electron chi connectivity index (χ3n) is 4.17. The minimum Gasteiger partial charge on any atom is -0.389 e. The van der Waals surface area contributed by atoms with Crippen molar-refractivity contribution in [2.45, 2.75) is 63.0 Å². The standard InChI is InChI=1S/C16H25NO3/c1-11-14(18)16(20)15(19)13(17-11)10-6-5-9-12-7-3-2-4-8-12/h2-4,7-8,11,13-20H,5-6,9-10H2,1H3/t11-,13+,14+,15+,16+/m0/s1. The molecule has 2 rings (SSSR count). The largest absolute Gasteiger partial charge is 0.389 e. The molecule has 5 atom stereocenters. The maximum Gasteiger partial charge on any atom is 0.109 e. The summed E-state index contributed by atoms with van der Waals surface area (Å²) >= 11 is 0. The van der Waals surface area contributed by atoms with Crippen LogP contribution >= 0.6 is 0 Å². The molecule has 4 heteroatoms. The Kier molecular flexibility index (Phi) is 5.54. The molecule has 1 fully saturated rings. The van der Waals surface area contributed by atoms with Gasteiger partial charge in [-0.2, -0.15) is 0 Å². The van der Waals surface area contributed by atoms with Crippen LogP contribution in [0.15, 0.2) is 30.3 Å². The van der Waals surface area contributed by atoms with Crippen LogP contribution in [-0.2, 0) is 6.42 Å². The SMILES string of the molecule is C[C@@H]1N[C@H](CCCCc2ccccc2)[C@@H](O)[C@H](O)[C@@H]1O. The smallest absolute Gasteiger partial charge is 0.109 e. The first-order chi connectivity index (χ1) is 9.59. The maximum atomic E-state index is 9.97. The van der Waals surface area contributed by atoms with Gasteiger partial charge < -0.3 is 20.6 Å². The lowest BCUT2D eigenvalue weighted by Crippen LogP contribution is -2.63. The van der Waals surface area contributed by atoms with Crippen LogP contribution in [0.25, 0.3) is 0 Å². The van der Waals surface area contributed by atoms with Gasteiger partial charge in [0.15, 0.2) is 0 Å². The van der Waals surface area contributed by atoms with Gasteiger partial charge in [-0.3, -0.25) is 0 Å². The molecule has 1 aromatic rings. The van der Waals surface area contributed by atoms with Gasteiger partial charge in [-0.05, 0) is 31.7 Å². The van der Waals surface area contributed by atoms with Crippen LogP contribution < -0.4 is 5.32 Å². The molecule has 0 bridgehead atoms. The lowest BCUT2D eigenvalue weighted by Gasteiger charge is -2.40. The molecule has 4 N–H and O–H groups in total. The van der Waals surface area contributed by atoms with Crippen molar-refractivity contribution in [1.82, 2.24) is 5.32 Å². The number of hydrogen-bond acceptors (Lipinski definition) is 4. The van der Waals surface area contributed by atoms with Gasteiger partial charge in [0.1, 0.15) is 6.10 Å². The molecule has 1 aliphatic heterocycles. The van der Waals surface area contributed by atoms with Gasteiger partial charge in [-0.25, -0.2) is 0 Å². The predicted octanol–water partition coefficient (Wildman–Crippen LogP) is 0.842. The van der Waals surface area contributed by atoms with Crippen LogP contribution in [0.2, 0.25) is 0 Å². The van der Waals surface area contributed by atoms with Crippen LogP contribution in [0.1, 0.15) is 31.7 Å². The van der Waals surface area contributed by atoms with E-state index in [-0.39, 0.29) is 12.1 Å². The topological polar surface area (TPSA) is 72.7 Å². The zero-order valence-electron chi connectivity index (χ0n) is 11.9. The van der Waals surface area contributed by atoms with Gasteiger partial charge >= 0.3 is 0 Å². The van der Waals surface area contributed by atoms with Crippen LogP contribution in [0.4, 0.5) is 0 Å². The summed E-state index contributed by atoms with van der Waals surface area (Å²) in [4.78, 5) is 0. The zero-order valence-corrected chi connectivity index (χ0v) is 11.9. The number of piperidine rings is 1. The van der Waals surface area contributed by atoms with Gasteiger partial charge in [-0.1, -0.05) is 36.8 Å². The number of unbranched alkanes of at least 4 members (excludes halogenated alkanes) is 1. The van der Waals surface area contributed by atoms with Crippen molar-refractivity contribution in [3.63, 3.8) is 0 Å². The molecule has 0 radical (unpaired) electrons. The van der Waals surface area contributed by atoms with E-state index in [0.29, 0.717) is 0 Å². The molecule has 0 aliphatic carbocycles. The number of aryl methyl sites for hydroxylation is 1. The highest BCUT2D eigenvalue weighted by molar-refractivity contribution is 5.14. The second kappa shape index (κ2) is 7.18. The fourth-order valence-corrected chi connectivity index (χ4v) is 2.86. The monoisotopic (exact) mass is 279 g/mol. The molecule has 20 heavy (non-hydrogen) atoms. The van der Waals surface area contributed by atoms with Crippen LogP contribution in [0, 0.1) is 0 Å². The molecule has 4 nitrogen and oxygen atoms in total. The molecule has 1 aliphatic rings. The Balaban J connectivity index is 1.74. The molecule has 112 valence electrons. The second-order valence-corrected chi connectivity index (χ2v) is 5.76. The first kappa shape index (κ1) is 15.4. The van der Waals surface area contributed by atoms with E-state index in [1.165, 1.54) is 5.56 Å². The van der Waals surface area contributed by atoms with E-state index in [1.807, 2.05) is 25.1 Å². The van der Waals surface area contributed by atoms with Crippen molar-refractivity contribution in [2.75, 3.05) is 0 Å². The Bertz CT molecular complexity index is 398. The molecule has 1 saturated heterocycles. The molecular weight excluding hydrogens is 254 g/mol. The molecule has 0 aromatic heterocycles. The average Bonchev–Trinajstić information content (AvgIpc) is 2.47. The number of hydrogen-bond donors (Lipinski definition) is 4. The number of nitrogens with one attached hydrogen (secondary N) is 1. The third kappa shape index (κ3) is 3.79. The molecule has 1 heterocycles. The summed E-state index contributed by atoms with van der Waals surface area (Å²) in [6.07, 6.45) is 1.04. The zero-order chi connectivity index (χ0) is 14.5. The minimum atomic E-state index is -1.05. The first-order valence-electron chi connectivity index (χ1n) is 7.44. The molecule has 0 amide bonds. The number of aliphatic hydroxyl groups excluding tert-OH is 3. The van der Waals surface area contributed by atoms with E-state index >= 15 is 0 Å². The fourth-order valence-electron chi connectivity index (χ4n) is 2.86. The Morgan fingerprint density at radius 2 is 1.65 bits per heavy atom. The summed E-state index contributed by atoms with van der Waals surface area (Å²) in [6, 6.07) is 10.0. The molecule has 1 aromatic carbocycles. The summed E-state index contributed by atoms with van der Waals surface area (Å²) in [7, 11) is 0. The van der Waals surface area contributed by atoms with Crippen LogP contribution in [0.5, 0.6) is 0 Å². The van der Waals surface area contributed by atoms with Gasteiger partial charge in [0.25, 0.3) is 0 Å². The summed E-state index contributed by atoms with van der Waals surface area (Å²) in [6.45, 7) is 1.83. The van der Waals surface area contributed by atoms with E-state index in [0.717, 1.165) is 25.7 Å². The van der Waals surface area contributed by atoms with Crippen molar-refractivity contribution in [3.05, 3.63) is 35.9 Å². The number of rotatable bonds is 5. The molecule has 0 unspecified atom stereocenters. The average molecular weight is 279 g/mol. The van der Waals surface area contributed by atoms with E-state index in [2.05, 4.69) is 17.4 Å². The summed E-state index contributed by atoms with van der Waals surface area (Å²) in [5.41, 5.74) is 1.33. The van der Waals surface area contributed by atoms with E-state index in [9.17, 15) is 15.3 Å². The first-order valence-corrected chi connectivity index (χ1v) is 7.44. The number of aliphatic hydroxyl groups is 3. The summed E-state index contributed by atoms with van der Waals surface area (Å²) in [5, 5.41) is 32.6. The van der Waals surface area contributed by atoms with Crippen molar-refractivity contribution >= 4 is 0 Å². The van der Waals surface area contributed by atoms with E-state index in [1.54, 1.807) is 0 Å². The van der Waals surface area contributed by atoms with Crippen LogP contribution in [0.3, 0.4) is 0 Å². The highest BCUT2D eigenvalue weighted by atomic mass is 16.4. The lowest BCUT2D eigenvalue weighted by molar-refractivity contribution is -0.111. The van der Waals surface area contributed by atoms with Crippen molar-refractivity contribution in [2.24, 2.45) is 0 Å². The number of benzene rings is 1. The third-order valence-corrected chi connectivity index (χ3v) is 4.17. The van der Waals surface area contributed by atoms with Crippen molar-refractivity contribution in [1.29, 1.82) is 0 Å². The van der Waals surface area contributed by atoms with Crippen molar-refractivity contribution < 1.29 is 15.3 Å². The highest BCUT2D eigenvalue weighted by Gasteiger charge is 2.39. The van der Waals surface area contributed by atoms with Gasteiger partial charge in [0.2, 0.25) is 0 Å². The molecule has 0 saturated carbocycles. The maximum absolute atomic E-state index is 9.97. The quantitative estimate of drug-likeness (QED) is 0.603. The Hall–Kier alpha value is -0.940. The molecular formula is C16H25NO3. The minimum absolute atomic E-state index is 0.140. The van der Waals surface area contributed by atoms with Crippen LogP contribution in [-0.4, -0.2) is 45.7 Å². The van der Waals surface area contributed by atoms with Gasteiger partial charge in [-0.15, -0.1) is 0 Å². The normalized spacial score (nSPS) is 34.1. The predicted molar refractivity (Wildman–Crippen MR) is 78.4 cm³/mol. The van der Waals surface area contributed by atoms with Crippen molar-refractivity contribution in [3.8, 4) is 0 Å². The van der Waals surface area contributed by atoms with E-state index < -0.39 is 18.3 Å².